The smallest absolute Gasteiger partial charge is 0.199 e. The molecule has 0 aliphatic rings. The highest BCUT2D eigenvalue weighted by Gasteiger charge is 2.22. The van der Waals surface area contributed by atoms with Gasteiger partial charge in [0.2, 0.25) is 0 Å². The molecule has 6 nitrogen and oxygen atoms in total. The number of pyridine rings is 1. The zero-order chi connectivity index (χ0) is 21.2. The number of Topliss-reactive ketones (excluding diaryl/α,β-unsaturated/α-hetero) is 1. The summed E-state index contributed by atoms with van der Waals surface area (Å²) in [6.07, 6.45) is 2.35. The van der Waals surface area contributed by atoms with Gasteiger partial charge in [-0.25, -0.2) is 8.42 Å². The Balaban J connectivity index is 1.99. The van der Waals surface area contributed by atoms with Gasteiger partial charge in [-0.15, -0.1) is 0 Å². The lowest BCUT2D eigenvalue weighted by Crippen LogP contribution is -2.26. The van der Waals surface area contributed by atoms with Crippen LogP contribution in [0.3, 0.4) is 0 Å². The van der Waals surface area contributed by atoms with E-state index in [4.69, 9.17) is 11.6 Å². The lowest BCUT2D eigenvalue weighted by molar-refractivity contribution is -0.605. The summed E-state index contributed by atoms with van der Waals surface area (Å²) in [5.41, 5.74) is 0.888. The number of carbonyl (C=O) groups excluding carboxylic acids is 2. The van der Waals surface area contributed by atoms with Gasteiger partial charge in [0.15, 0.2) is 33.8 Å². The summed E-state index contributed by atoms with van der Waals surface area (Å²) in [4.78, 5) is 24.3. The van der Waals surface area contributed by atoms with Crippen LogP contribution in [0.2, 0.25) is 5.02 Å². The highest BCUT2D eigenvalue weighted by atomic mass is 35.5. The highest BCUT2D eigenvalue weighted by molar-refractivity contribution is 7.90. The summed E-state index contributed by atoms with van der Waals surface area (Å²) in [5.74, 6) is -1.11. The molecule has 0 amide bonds. The molecule has 8 heteroatoms. The molecule has 29 heavy (non-hydrogen) atoms. The lowest BCUT2D eigenvalue weighted by atomic mass is 10.0. The van der Waals surface area contributed by atoms with Crippen molar-refractivity contribution >= 4 is 33.0 Å². The van der Waals surface area contributed by atoms with Gasteiger partial charge in [-0.1, -0.05) is 29.8 Å². The Morgan fingerprint density at radius 1 is 1.03 bits per heavy atom. The van der Waals surface area contributed by atoms with Crippen LogP contribution in [0.15, 0.2) is 71.9 Å². The van der Waals surface area contributed by atoms with Crippen molar-refractivity contribution < 1.29 is 22.7 Å². The van der Waals surface area contributed by atoms with Crippen LogP contribution < -0.4 is 4.73 Å². The van der Waals surface area contributed by atoms with Gasteiger partial charge < -0.3 is 5.21 Å². The number of benzene rings is 2. The fourth-order valence-electron chi connectivity index (χ4n) is 2.82. The average molecular weight is 430 g/mol. The molecule has 0 unspecified atom stereocenters. The second-order valence-electron chi connectivity index (χ2n) is 6.42. The Morgan fingerprint density at radius 2 is 1.72 bits per heavy atom. The molecular formula is C21H16ClNO5S. The Labute approximate surface area is 172 Å². The van der Waals surface area contributed by atoms with Crippen LogP contribution >= 0.6 is 11.6 Å². The molecule has 1 aromatic heterocycles. The number of hydrogen-bond acceptors (Lipinski definition) is 5. The molecule has 0 saturated heterocycles. The van der Waals surface area contributed by atoms with Crippen molar-refractivity contribution in [2.24, 2.45) is 0 Å². The van der Waals surface area contributed by atoms with E-state index in [9.17, 15) is 23.2 Å². The summed E-state index contributed by atoms with van der Waals surface area (Å²) < 4.78 is 26.2. The third-order valence-electron chi connectivity index (χ3n) is 4.32. The molecule has 0 fully saturated rings. The molecule has 0 bridgehead atoms. The number of halogens is 1. The SMILES string of the molecule is CC(=O)c1ccc(S(=O)(=O)Cc2ccc(Cl)cc2C(=O)c2ccc[n+]([O-])c2)cc1. The maximum Gasteiger partial charge on any atom is 0.199 e. The van der Waals surface area contributed by atoms with Gasteiger partial charge in [0, 0.05) is 22.2 Å². The molecule has 0 saturated carbocycles. The predicted molar refractivity (Wildman–Crippen MR) is 108 cm³/mol. The van der Waals surface area contributed by atoms with E-state index in [2.05, 4.69) is 0 Å². The molecule has 0 atom stereocenters. The van der Waals surface area contributed by atoms with Gasteiger partial charge in [0.05, 0.1) is 16.2 Å². The predicted octanol–water partition coefficient (Wildman–Crippen LogP) is 3.38. The summed E-state index contributed by atoms with van der Waals surface area (Å²) >= 11 is 6.01. The van der Waals surface area contributed by atoms with Gasteiger partial charge in [-0.05, 0) is 42.8 Å². The van der Waals surface area contributed by atoms with E-state index in [-0.39, 0.29) is 32.4 Å². The highest BCUT2D eigenvalue weighted by Crippen LogP contribution is 2.24. The lowest BCUT2D eigenvalue weighted by Gasteiger charge is -2.11. The molecule has 3 rings (SSSR count). The number of carbonyl (C=O) groups is 2. The fourth-order valence-corrected chi connectivity index (χ4v) is 4.37. The third-order valence-corrected chi connectivity index (χ3v) is 6.24. The zero-order valence-electron chi connectivity index (χ0n) is 15.3. The fraction of sp³-hybridized carbons (Fsp3) is 0.0952. The second kappa shape index (κ2) is 8.14. The zero-order valence-corrected chi connectivity index (χ0v) is 16.9. The van der Waals surface area contributed by atoms with Crippen LogP contribution in [0.4, 0.5) is 0 Å². The van der Waals surface area contributed by atoms with Crippen molar-refractivity contribution in [1.82, 2.24) is 0 Å². The van der Waals surface area contributed by atoms with Gasteiger partial charge in [-0.3, -0.25) is 9.59 Å². The Bertz CT molecular complexity index is 1200. The van der Waals surface area contributed by atoms with Crippen LogP contribution in [0.5, 0.6) is 0 Å². The first-order valence-corrected chi connectivity index (χ1v) is 10.6. The topological polar surface area (TPSA) is 95.2 Å². The monoisotopic (exact) mass is 429 g/mol. The van der Waals surface area contributed by atoms with E-state index < -0.39 is 21.4 Å². The number of aromatic nitrogens is 1. The van der Waals surface area contributed by atoms with E-state index in [1.807, 2.05) is 0 Å². The number of sulfone groups is 1. The third kappa shape index (κ3) is 4.70. The normalized spacial score (nSPS) is 11.2. The first-order chi connectivity index (χ1) is 13.7. The quantitative estimate of drug-likeness (QED) is 0.340. The Kier molecular flexibility index (Phi) is 5.81. The summed E-state index contributed by atoms with van der Waals surface area (Å²) in [6, 6.07) is 12.9. The van der Waals surface area contributed by atoms with Gasteiger partial charge in [-0.2, -0.15) is 4.73 Å². The van der Waals surface area contributed by atoms with Crippen LogP contribution in [0.25, 0.3) is 0 Å². The van der Waals surface area contributed by atoms with Gasteiger partial charge in [0.1, 0.15) is 0 Å². The maximum atomic E-state index is 12.9. The number of hydrogen-bond donors (Lipinski definition) is 0. The van der Waals surface area contributed by atoms with Crippen LogP contribution in [0, 0.1) is 5.21 Å². The number of rotatable bonds is 6. The van der Waals surface area contributed by atoms with Crippen molar-refractivity contribution in [3.05, 3.63) is 99.5 Å². The van der Waals surface area contributed by atoms with Crippen LogP contribution in [0.1, 0.15) is 38.8 Å². The van der Waals surface area contributed by atoms with Gasteiger partial charge >= 0.3 is 0 Å². The van der Waals surface area contributed by atoms with Crippen molar-refractivity contribution in [2.75, 3.05) is 0 Å². The molecule has 0 aliphatic heterocycles. The van der Waals surface area contributed by atoms with Gasteiger partial charge in [0.25, 0.3) is 0 Å². The summed E-state index contributed by atoms with van der Waals surface area (Å²) in [7, 11) is -3.79. The minimum Gasteiger partial charge on any atom is -0.619 e. The molecule has 3 aromatic rings. The first-order valence-electron chi connectivity index (χ1n) is 8.53. The molecule has 0 radical (unpaired) electrons. The second-order valence-corrected chi connectivity index (χ2v) is 8.85. The molecule has 1 heterocycles. The van der Waals surface area contributed by atoms with E-state index in [0.717, 1.165) is 6.20 Å². The molecule has 0 N–H and O–H groups in total. The first kappa shape index (κ1) is 20.7. The van der Waals surface area contributed by atoms with Crippen molar-refractivity contribution in [3.8, 4) is 0 Å². The number of nitrogens with zero attached hydrogens (tertiary/aromatic N) is 1. The molecule has 0 aliphatic carbocycles. The Hall–Kier alpha value is -3.03. The minimum absolute atomic E-state index is 0.0351. The molecular weight excluding hydrogens is 414 g/mol. The van der Waals surface area contributed by atoms with Crippen molar-refractivity contribution in [1.29, 1.82) is 0 Å². The molecule has 0 spiro atoms. The summed E-state index contributed by atoms with van der Waals surface area (Å²) in [6.45, 7) is 1.39. The van der Waals surface area contributed by atoms with E-state index in [1.54, 1.807) is 0 Å². The summed E-state index contributed by atoms with van der Waals surface area (Å²) in [5, 5.41) is 11.8. The molecule has 2 aromatic carbocycles. The maximum absolute atomic E-state index is 12.9. The van der Waals surface area contributed by atoms with E-state index >= 15 is 0 Å². The standard InChI is InChI=1S/C21H16ClNO5S/c1-14(24)15-5-8-19(9-6-15)29(27,28)13-17-4-7-18(22)11-20(17)21(25)16-3-2-10-23(26)12-16/h2-12H,13H2,1H3. The van der Waals surface area contributed by atoms with Crippen molar-refractivity contribution in [2.45, 2.75) is 17.6 Å². The average Bonchev–Trinajstić information content (AvgIpc) is 2.68. The molecule has 148 valence electrons. The van der Waals surface area contributed by atoms with Crippen LogP contribution in [-0.4, -0.2) is 20.0 Å². The number of ketones is 2. The Morgan fingerprint density at radius 3 is 2.34 bits per heavy atom. The minimum atomic E-state index is -3.79. The van der Waals surface area contributed by atoms with Crippen molar-refractivity contribution in [3.63, 3.8) is 0 Å². The van der Waals surface area contributed by atoms with Crippen LogP contribution in [-0.2, 0) is 15.6 Å². The largest absolute Gasteiger partial charge is 0.619 e. The van der Waals surface area contributed by atoms with E-state index in [0.29, 0.717) is 10.3 Å². The van der Waals surface area contributed by atoms with E-state index in [1.165, 1.54) is 67.7 Å².